The number of aliphatic hydroxyl groups excluding tert-OH is 1. The molecule has 1 unspecified atom stereocenters. The molecule has 5 rings (SSSR count). The van der Waals surface area contributed by atoms with Gasteiger partial charge in [-0.15, -0.1) is 0 Å². The molecule has 1 atom stereocenters. The summed E-state index contributed by atoms with van der Waals surface area (Å²) in [6, 6.07) is 5.25. The third-order valence-corrected chi connectivity index (χ3v) is 8.67. The molecule has 0 radical (unpaired) electrons. The molecular weight excluding hydrogens is 630 g/mol. The van der Waals surface area contributed by atoms with Gasteiger partial charge in [0.05, 0.1) is 16.9 Å². The molecule has 9 nitrogen and oxygen atoms in total. The normalized spacial score (nSPS) is 17.9. The zero-order chi connectivity index (χ0) is 37.6. The van der Waals surface area contributed by atoms with Gasteiger partial charge < -0.3 is 24.4 Å². The fourth-order valence-electron chi connectivity index (χ4n) is 5.79. The Morgan fingerprint density at radius 1 is 1.00 bits per heavy atom. The maximum absolute atomic E-state index is 11.8. The Morgan fingerprint density at radius 2 is 1.62 bits per heavy atom. The van der Waals surface area contributed by atoms with Gasteiger partial charge in [-0.2, -0.15) is 0 Å². The van der Waals surface area contributed by atoms with Gasteiger partial charge in [0.1, 0.15) is 18.6 Å². The van der Waals surface area contributed by atoms with E-state index in [0.29, 0.717) is 30.7 Å². The first kappa shape index (κ1) is 44.5. The summed E-state index contributed by atoms with van der Waals surface area (Å²) in [7, 11) is 4.08. The van der Waals surface area contributed by atoms with E-state index in [4.69, 9.17) is 14.5 Å². The molecule has 4 heterocycles. The first-order chi connectivity index (χ1) is 24.1. The van der Waals surface area contributed by atoms with Crippen LogP contribution in [-0.4, -0.2) is 78.5 Å². The van der Waals surface area contributed by atoms with E-state index in [0.717, 1.165) is 40.1 Å². The molecule has 1 aromatic heterocycles. The van der Waals surface area contributed by atoms with Crippen molar-refractivity contribution < 1.29 is 29.0 Å². The van der Waals surface area contributed by atoms with Crippen LogP contribution in [0.15, 0.2) is 35.4 Å². The highest BCUT2D eigenvalue weighted by Crippen LogP contribution is 2.38. The lowest BCUT2D eigenvalue weighted by Crippen LogP contribution is -2.32. The van der Waals surface area contributed by atoms with Crippen LogP contribution in [0.3, 0.4) is 0 Å². The molecule has 0 saturated carbocycles. The SMILES string of the molecule is CC.CC1CCN(C)CC1.CCC.CCCCCCC.CCc1c2c(nc3ccc(OC=O)cc13)/C(=C/C1=C(C=O)COC(=O)C1O)N(C)C2. The average molecular weight is 696 g/mol. The molecular formula is C41H65N3O6. The number of hydrogen-bond donors (Lipinski definition) is 1. The van der Waals surface area contributed by atoms with Crippen molar-refractivity contribution in [3.8, 4) is 5.75 Å². The Labute approximate surface area is 302 Å². The molecule has 0 spiro atoms. The number of fused-ring (bicyclic) bond motifs is 2. The maximum atomic E-state index is 11.8. The zero-order valence-corrected chi connectivity index (χ0v) is 32.6. The van der Waals surface area contributed by atoms with Gasteiger partial charge in [0, 0.05) is 35.7 Å². The number of aliphatic hydroxyl groups is 1. The molecule has 0 amide bonds. The molecule has 0 aliphatic carbocycles. The number of ether oxygens (including phenoxy) is 2. The minimum atomic E-state index is -1.52. The molecule has 3 aliphatic rings. The summed E-state index contributed by atoms with van der Waals surface area (Å²) in [5.74, 6) is 0.642. The zero-order valence-electron chi connectivity index (χ0n) is 32.6. The molecule has 50 heavy (non-hydrogen) atoms. The van der Waals surface area contributed by atoms with Crippen molar-refractivity contribution in [2.75, 3.05) is 33.8 Å². The largest absolute Gasteiger partial charge is 0.459 e. The Hall–Kier alpha value is -3.56. The number of hydrogen-bond acceptors (Lipinski definition) is 9. The van der Waals surface area contributed by atoms with E-state index < -0.39 is 12.1 Å². The van der Waals surface area contributed by atoms with Crippen molar-refractivity contribution in [3.05, 3.63) is 52.2 Å². The van der Waals surface area contributed by atoms with Gasteiger partial charge in [-0.1, -0.05) is 93.9 Å². The third kappa shape index (κ3) is 13.3. The number of esters is 1. The predicted molar refractivity (Wildman–Crippen MR) is 205 cm³/mol. The van der Waals surface area contributed by atoms with E-state index in [-0.39, 0.29) is 17.8 Å². The van der Waals surface area contributed by atoms with Crippen LogP contribution in [-0.2, 0) is 32.1 Å². The lowest BCUT2D eigenvalue weighted by molar-refractivity contribution is -0.152. The third-order valence-electron chi connectivity index (χ3n) is 8.67. The number of aromatic nitrogens is 1. The average Bonchev–Trinajstić information content (AvgIpc) is 3.43. The van der Waals surface area contributed by atoms with Crippen LogP contribution >= 0.6 is 0 Å². The van der Waals surface area contributed by atoms with Crippen LogP contribution in [0.25, 0.3) is 16.6 Å². The van der Waals surface area contributed by atoms with E-state index in [1.165, 1.54) is 64.5 Å². The lowest BCUT2D eigenvalue weighted by atomic mass is 9.97. The van der Waals surface area contributed by atoms with Crippen LogP contribution < -0.4 is 4.74 Å². The summed E-state index contributed by atoms with van der Waals surface area (Å²) < 4.78 is 9.82. The van der Waals surface area contributed by atoms with E-state index in [2.05, 4.69) is 46.6 Å². The van der Waals surface area contributed by atoms with Gasteiger partial charge in [0.15, 0.2) is 6.10 Å². The smallest absolute Gasteiger partial charge is 0.340 e. The second kappa shape index (κ2) is 24.6. The monoisotopic (exact) mass is 695 g/mol. The number of pyridine rings is 1. The Bertz CT molecular complexity index is 1380. The van der Waals surface area contributed by atoms with Crippen LogP contribution in [0, 0.1) is 5.92 Å². The van der Waals surface area contributed by atoms with Gasteiger partial charge in [-0.25, -0.2) is 9.78 Å². The molecule has 280 valence electrons. The minimum Gasteiger partial charge on any atom is -0.459 e. The highest BCUT2D eigenvalue weighted by atomic mass is 16.5. The molecule has 1 aromatic carbocycles. The van der Waals surface area contributed by atoms with Crippen LogP contribution in [0.2, 0.25) is 0 Å². The van der Waals surface area contributed by atoms with Crippen molar-refractivity contribution in [1.29, 1.82) is 0 Å². The van der Waals surface area contributed by atoms with Gasteiger partial charge in [-0.05, 0) is 75.2 Å². The summed E-state index contributed by atoms with van der Waals surface area (Å²) in [6.07, 6.45) is 12.5. The Kier molecular flexibility index (Phi) is 21.8. The first-order valence-corrected chi connectivity index (χ1v) is 18.8. The number of carbonyl (C=O) groups excluding carboxylic acids is 3. The van der Waals surface area contributed by atoms with Crippen LogP contribution in [0.4, 0.5) is 0 Å². The number of nitrogens with zero attached hydrogens (tertiary/aromatic N) is 3. The first-order valence-electron chi connectivity index (χ1n) is 18.8. The van der Waals surface area contributed by atoms with Crippen LogP contribution in [0.5, 0.6) is 5.75 Å². The number of aldehydes is 1. The number of benzene rings is 1. The second-order valence-electron chi connectivity index (χ2n) is 12.9. The van der Waals surface area contributed by atoms with Gasteiger partial charge in [-0.3, -0.25) is 9.59 Å². The summed E-state index contributed by atoms with van der Waals surface area (Å²) in [5, 5.41) is 11.2. The highest BCUT2D eigenvalue weighted by Gasteiger charge is 2.32. The topological polar surface area (TPSA) is 109 Å². The molecule has 2 aromatic rings. The van der Waals surface area contributed by atoms with Crippen molar-refractivity contribution in [1.82, 2.24) is 14.8 Å². The van der Waals surface area contributed by atoms with Crippen molar-refractivity contribution in [2.45, 2.75) is 126 Å². The summed E-state index contributed by atoms with van der Waals surface area (Å²) in [4.78, 5) is 43.1. The van der Waals surface area contributed by atoms with Crippen molar-refractivity contribution in [2.24, 2.45) is 5.92 Å². The van der Waals surface area contributed by atoms with Crippen molar-refractivity contribution in [3.63, 3.8) is 0 Å². The summed E-state index contributed by atoms with van der Waals surface area (Å²) >= 11 is 0. The van der Waals surface area contributed by atoms with Gasteiger partial charge >= 0.3 is 5.97 Å². The molecule has 9 heteroatoms. The predicted octanol–water partition coefficient (Wildman–Crippen LogP) is 8.30. The van der Waals surface area contributed by atoms with E-state index >= 15 is 0 Å². The summed E-state index contributed by atoms with van der Waals surface area (Å²) in [5.41, 5.74) is 4.72. The fraction of sp³-hybridized carbons (Fsp3) is 0.610. The Balaban J connectivity index is 0.000000511. The number of unbranched alkanes of at least 4 members (excludes halogenated alkanes) is 4. The standard InChI is InChI=1S/C22H20N2O6.C7H15N.C7H16.C3H8.C2H6/c1-3-14-16-6-13(30-11-26)4-5-18(16)23-20-17(14)8-24(2)19(20)7-15-12(9-25)10-29-22(28)21(15)27;1-7-3-5-8(2)6-4-7;1-3-5-7-6-4-2;1-3-2;1-2/h4-7,9,11,21,27H,3,8,10H2,1-2H3;7H,3-6H2,1-2H3;3-7H2,1-2H3;3H2,1-2H3;1-2H3/b19-7-;;;;. The fourth-order valence-corrected chi connectivity index (χ4v) is 5.79. The quantitative estimate of drug-likeness (QED) is 0.157. The number of rotatable bonds is 9. The molecule has 0 bridgehead atoms. The highest BCUT2D eigenvalue weighted by molar-refractivity contribution is 5.91. The maximum Gasteiger partial charge on any atom is 0.340 e. The van der Waals surface area contributed by atoms with E-state index in [9.17, 15) is 19.5 Å². The number of carbonyl (C=O) groups is 3. The summed E-state index contributed by atoms with van der Waals surface area (Å²) in [6.45, 7) is 20.5. The number of piperidine rings is 1. The number of aryl methyl sites for hydroxylation is 1. The van der Waals surface area contributed by atoms with E-state index in [1.807, 2.05) is 32.7 Å². The second-order valence-corrected chi connectivity index (χ2v) is 12.9. The molecule has 3 aliphatic heterocycles. The molecule has 1 saturated heterocycles. The van der Waals surface area contributed by atoms with Crippen molar-refractivity contribution >= 4 is 35.3 Å². The van der Waals surface area contributed by atoms with Gasteiger partial charge in [0.2, 0.25) is 0 Å². The number of cyclic esters (lactones) is 1. The van der Waals surface area contributed by atoms with Crippen LogP contribution in [0.1, 0.15) is 124 Å². The molecule has 1 fully saturated rings. The Morgan fingerprint density at radius 3 is 2.14 bits per heavy atom. The lowest BCUT2D eigenvalue weighted by Gasteiger charge is -2.26. The van der Waals surface area contributed by atoms with E-state index in [1.54, 1.807) is 24.3 Å². The minimum absolute atomic E-state index is 0.167. The molecule has 1 N–H and O–H groups in total. The number of likely N-dealkylation sites (tertiary alicyclic amines) is 1. The van der Waals surface area contributed by atoms with Gasteiger partial charge in [0.25, 0.3) is 6.47 Å².